The van der Waals surface area contributed by atoms with Gasteiger partial charge in [0, 0.05) is 12.2 Å². The predicted octanol–water partition coefficient (Wildman–Crippen LogP) is 1.92. The first kappa shape index (κ1) is 12.8. The Morgan fingerprint density at radius 3 is 2.69 bits per heavy atom. The van der Waals surface area contributed by atoms with Crippen LogP contribution in [0.15, 0.2) is 18.3 Å². The molecule has 0 aliphatic rings. The van der Waals surface area contributed by atoms with Crippen molar-refractivity contribution in [3.05, 3.63) is 24.0 Å². The molecule has 0 saturated heterocycles. The highest BCUT2D eigenvalue weighted by atomic mass is 19.4. The molecule has 0 aromatic carbocycles. The minimum absolute atomic E-state index is 0.146. The summed E-state index contributed by atoms with van der Waals surface area (Å²) in [5, 5.41) is 2.24. The SMILES string of the molecule is Cc1ccc(OCCNCC(F)(F)F)cn1. The number of hydrogen-bond donors (Lipinski definition) is 1. The van der Waals surface area contributed by atoms with Crippen molar-refractivity contribution < 1.29 is 17.9 Å². The minimum atomic E-state index is -4.18. The molecule has 0 fully saturated rings. The zero-order chi connectivity index (χ0) is 12.0. The maximum Gasteiger partial charge on any atom is 0.401 e. The summed E-state index contributed by atoms with van der Waals surface area (Å²) < 4.78 is 40.4. The molecule has 0 unspecified atom stereocenters. The van der Waals surface area contributed by atoms with Gasteiger partial charge in [-0.3, -0.25) is 4.98 Å². The van der Waals surface area contributed by atoms with Crippen LogP contribution in [0, 0.1) is 6.92 Å². The zero-order valence-corrected chi connectivity index (χ0v) is 8.84. The van der Waals surface area contributed by atoms with Crippen molar-refractivity contribution in [3.8, 4) is 5.75 Å². The fourth-order valence-corrected chi connectivity index (χ4v) is 1.01. The van der Waals surface area contributed by atoms with Gasteiger partial charge in [0.05, 0.1) is 12.7 Å². The van der Waals surface area contributed by atoms with E-state index in [1.807, 2.05) is 6.92 Å². The smallest absolute Gasteiger partial charge is 0.401 e. The Morgan fingerprint density at radius 1 is 1.38 bits per heavy atom. The Balaban J connectivity index is 2.14. The molecular weight excluding hydrogens is 221 g/mol. The number of hydrogen-bond acceptors (Lipinski definition) is 3. The van der Waals surface area contributed by atoms with Gasteiger partial charge in [-0.15, -0.1) is 0 Å². The summed E-state index contributed by atoms with van der Waals surface area (Å²) in [6, 6.07) is 3.50. The first-order valence-corrected chi connectivity index (χ1v) is 4.80. The van der Waals surface area contributed by atoms with Crippen molar-refractivity contribution in [1.29, 1.82) is 0 Å². The second-order valence-electron chi connectivity index (χ2n) is 3.28. The molecule has 1 aromatic heterocycles. The Hall–Kier alpha value is -1.30. The van der Waals surface area contributed by atoms with Gasteiger partial charge in [0.2, 0.25) is 0 Å². The van der Waals surface area contributed by atoms with Crippen LogP contribution in [0.25, 0.3) is 0 Å². The summed E-state index contributed by atoms with van der Waals surface area (Å²) in [6.07, 6.45) is -2.63. The van der Waals surface area contributed by atoms with Crippen molar-refractivity contribution in [3.63, 3.8) is 0 Å². The van der Waals surface area contributed by atoms with Crippen molar-refractivity contribution in [1.82, 2.24) is 10.3 Å². The van der Waals surface area contributed by atoms with Crippen LogP contribution < -0.4 is 10.1 Å². The van der Waals surface area contributed by atoms with E-state index in [-0.39, 0.29) is 13.2 Å². The third-order valence-corrected chi connectivity index (χ3v) is 1.76. The van der Waals surface area contributed by atoms with Crippen molar-refractivity contribution in [2.45, 2.75) is 13.1 Å². The van der Waals surface area contributed by atoms with Crippen molar-refractivity contribution in [2.24, 2.45) is 0 Å². The average Bonchev–Trinajstić information content (AvgIpc) is 2.19. The number of ether oxygens (including phenoxy) is 1. The van der Waals surface area contributed by atoms with Gasteiger partial charge in [-0.1, -0.05) is 0 Å². The van der Waals surface area contributed by atoms with E-state index in [9.17, 15) is 13.2 Å². The number of aromatic nitrogens is 1. The molecule has 16 heavy (non-hydrogen) atoms. The van der Waals surface area contributed by atoms with Gasteiger partial charge in [0.15, 0.2) is 0 Å². The molecule has 0 aliphatic heterocycles. The Kier molecular flexibility index (Phi) is 4.54. The molecule has 0 saturated carbocycles. The van der Waals surface area contributed by atoms with E-state index in [4.69, 9.17) is 4.74 Å². The van der Waals surface area contributed by atoms with Crippen LogP contribution in [0.2, 0.25) is 0 Å². The highest BCUT2D eigenvalue weighted by molar-refractivity contribution is 5.18. The second kappa shape index (κ2) is 5.69. The van der Waals surface area contributed by atoms with Gasteiger partial charge in [-0.25, -0.2) is 0 Å². The molecule has 1 N–H and O–H groups in total. The quantitative estimate of drug-likeness (QED) is 0.790. The fourth-order valence-electron chi connectivity index (χ4n) is 1.01. The Labute approximate surface area is 91.6 Å². The van der Waals surface area contributed by atoms with E-state index in [0.717, 1.165) is 5.69 Å². The normalized spacial score (nSPS) is 11.5. The summed E-state index contributed by atoms with van der Waals surface area (Å²) >= 11 is 0. The standard InChI is InChI=1S/C10H13F3N2O/c1-8-2-3-9(6-15-8)16-5-4-14-7-10(11,12)13/h2-3,6,14H,4-5,7H2,1H3. The van der Waals surface area contributed by atoms with E-state index in [1.54, 1.807) is 18.3 Å². The predicted molar refractivity (Wildman–Crippen MR) is 53.4 cm³/mol. The topological polar surface area (TPSA) is 34.1 Å². The van der Waals surface area contributed by atoms with Gasteiger partial charge in [-0.05, 0) is 19.1 Å². The van der Waals surface area contributed by atoms with Gasteiger partial charge in [0.25, 0.3) is 0 Å². The third kappa shape index (κ3) is 5.55. The van der Waals surface area contributed by atoms with Crippen LogP contribution in [-0.2, 0) is 0 Å². The van der Waals surface area contributed by atoms with Crippen LogP contribution in [0.4, 0.5) is 13.2 Å². The number of nitrogens with zero attached hydrogens (tertiary/aromatic N) is 1. The summed E-state index contributed by atoms with van der Waals surface area (Å²) in [5.74, 6) is 0.555. The number of rotatable bonds is 5. The molecule has 0 aliphatic carbocycles. The Bertz CT molecular complexity index is 311. The van der Waals surface area contributed by atoms with Crippen LogP contribution in [0.3, 0.4) is 0 Å². The molecule has 0 radical (unpaired) electrons. The van der Waals surface area contributed by atoms with Gasteiger partial charge >= 0.3 is 6.18 Å². The van der Waals surface area contributed by atoms with Gasteiger partial charge in [0.1, 0.15) is 12.4 Å². The zero-order valence-electron chi connectivity index (χ0n) is 8.84. The summed E-state index contributed by atoms with van der Waals surface area (Å²) in [6.45, 7) is 1.17. The minimum Gasteiger partial charge on any atom is -0.491 e. The summed E-state index contributed by atoms with van der Waals surface area (Å²) in [5.41, 5.74) is 0.863. The third-order valence-electron chi connectivity index (χ3n) is 1.76. The molecule has 3 nitrogen and oxygen atoms in total. The number of pyridine rings is 1. The molecule has 0 amide bonds. The molecule has 0 bridgehead atoms. The van der Waals surface area contributed by atoms with E-state index in [1.165, 1.54) is 0 Å². The fraction of sp³-hybridized carbons (Fsp3) is 0.500. The molecule has 0 atom stereocenters. The summed E-state index contributed by atoms with van der Waals surface area (Å²) in [7, 11) is 0. The molecular formula is C10H13F3N2O. The second-order valence-corrected chi connectivity index (χ2v) is 3.28. The van der Waals surface area contributed by atoms with Crippen LogP contribution in [0.5, 0.6) is 5.75 Å². The number of nitrogens with one attached hydrogen (secondary N) is 1. The lowest BCUT2D eigenvalue weighted by Gasteiger charge is -2.09. The van der Waals surface area contributed by atoms with Crippen LogP contribution in [0.1, 0.15) is 5.69 Å². The lowest BCUT2D eigenvalue weighted by molar-refractivity contribution is -0.124. The molecule has 1 heterocycles. The highest BCUT2D eigenvalue weighted by Gasteiger charge is 2.25. The average molecular weight is 234 g/mol. The van der Waals surface area contributed by atoms with Gasteiger partial charge in [-0.2, -0.15) is 13.2 Å². The highest BCUT2D eigenvalue weighted by Crippen LogP contribution is 2.12. The first-order chi connectivity index (χ1) is 7.47. The maximum absolute atomic E-state index is 11.7. The lowest BCUT2D eigenvalue weighted by Crippen LogP contribution is -2.31. The van der Waals surface area contributed by atoms with E-state index < -0.39 is 12.7 Å². The van der Waals surface area contributed by atoms with Gasteiger partial charge < -0.3 is 10.1 Å². The first-order valence-electron chi connectivity index (χ1n) is 4.80. The number of aryl methyl sites for hydroxylation is 1. The Morgan fingerprint density at radius 2 is 2.12 bits per heavy atom. The van der Waals surface area contributed by atoms with Crippen molar-refractivity contribution in [2.75, 3.05) is 19.7 Å². The van der Waals surface area contributed by atoms with E-state index in [0.29, 0.717) is 5.75 Å². The van der Waals surface area contributed by atoms with E-state index >= 15 is 0 Å². The van der Waals surface area contributed by atoms with Crippen LogP contribution in [-0.4, -0.2) is 30.9 Å². The van der Waals surface area contributed by atoms with Crippen molar-refractivity contribution >= 4 is 0 Å². The monoisotopic (exact) mass is 234 g/mol. The summed E-state index contributed by atoms with van der Waals surface area (Å²) in [4.78, 5) is 3.99. The molecule has 1 aromatic rings. The lowest BCUT2D eigenvalue weighted by atomic mass is 10.4. The number of halogens is 3. The molecule has 0 spiro atoms. The maximum atomic E-state index is 11.7. The van der Waals surface area contributed by atoms with E-state index in [2.05, 4.69) is 10.3 Å². The number of alkyl halides is 3. The van der Waals surface area contributed by atoms with Crippen LogP contribution >= 0.6 is 0 Å². The molecule has 90 valence electrons. The molecule has 6 heteroatoms. The molecule has 1 rings (SSSR count). The largest absolute Gasteiger partial charge is 0.491 e.